The Balaban J connectivity index is 2.03. The lowest BCUT2D eigenvalue weighted by Crippen LogP contribution is -2.57. The van der Waals surface area contributed by atoms with Gasteiger partial charge in [0.2, 0.25) is 0 Å². The number of hydrogen-bond acceptors (Lipinski definition) is 3. The van der Waals surface area contributed by atoms with Crippen LogP contribution >= 0.6 is 0 Å². The summed E-state index contributed by atoms with van der Waals surface area (Å²) in [7, 11) is 1.41. The molecule has 148 valence electrons. The largest absolute Gasteiger partial charge is 0.452 e. The first-order chi connectivity index (χ1) is 13.5. The first kappa shape index (κ1) is 20.1. The number of benzene rings is 2. The minimum absolute atomic E-state index is 0.00479. The van der Waals surface area contributed by atoms with Gasteiger partial charge in [0.05, 0.1) is 12.6 Å². The Bertz CT molecular complexity index is 840. The van der Waals surface area contributed by atoms with Crippen molar-refractivity contribution in [1.82, 2.24) is 5.32 Å². The van der Waals surface area contributed by atoms with Crippen LogP contribution in [0, 0.1) is 12.7 Å². The van der Waals surface area contributed by atoms with Crippen molar-refractivity contribution in [2.24, 2.45) is 0 Å². The molecule has 0 aliphatic carbocycles. The highest BCUT2D eigenvalue weighted by Crippen LogP contribution is 2.41. The highest BCUT2D eigenvalue weighted by atomic mass is 19.1. The first-order valence-corrected chi connectivity index (χ1v) is 9.54. The summed E-state index contributed by atoms with van der Waals surface area (Å²) in [6.07, 6.45) is 3.55. The number of nitrogens with one attached hydrogen (secondary N) is 1. The van der Waals surface area contributed by atoms with Crippen molar-refractivity contribution in [3.63, 3.8) is 0 Å². The molecule has 0 saturated carbocycles. The molecular weight excluding hydrogens is 355 g/mol. The monoisotopic (exact) mass is 382 g/mol. The van der Waals surface area contributed by atoms with E-state index in [0.717, 1.165) is 29.8 Å². The summed E-state index contributed by atoms with van der Waals surface area (Å²) in [5.74, 6) is -0.241. The lowest BCUT2D eigenvalue weighted by molar-refractivity contribution is 0.157. The van der Waals surface area contributed by atoms with Crippen LogP contribution in [-0.2, 0) is 4.74 Å². The highest BCUT2D eigenvalue weighted by Gasteiger charge is 2.44. The van der Waals surface area contributed by atoms with Crippen LogP contribution in [0.4, 0.5) is 14.9 Å². The van der Waals surface area contributed by atoms with Crippen LogP contribution in [0.25, 0.3) is 0 Å². The number of methoxy groups -OCH3 is 1. The topological polar surface area (TPSA) is 41.6 Å². The molecule has 1 amide bonds. The third kappa shape index (κ3) is 3.94. The van der Waals surface area contributed by atoms with Crippen molar-refractivity contribution in [3.8, 4) is 0 Å². The SMILES string of the molecule is C=CC[C@@]1(N(C(=O)OC)c2ccccc2)CCN[C@H](c2ccc(F)cc2C)C1. The van der Waals surface area contributed by atoms with Crippen LogP contribution in [-0.4, -0.2) is 25.3 Å². The average molecular weight is 382 g/mol. The van der Waals surface area contributed by atoms with Crippen LogP contribution in [0.3, 0.4) is 0 Å². The molecule has 1 aliphatic rings. The Morgan fingerprint density at radius 1 is 1.36 bits per heavy atom. The van der Waals surface area contributed by atoms with E-state index in [1.807, 2.05) is 49.4 Å². The van der Waals surface area contributed by atoms with Gasteiger partial charge in [-0.25, -0.2) is 9.18 Å². The first-order valence-electron chi connectivity index (χ1n) is 9.54. The summed E-state index contributed by atoms with van der Waals surface area (Å²) >= 11 is 0. The number of carbonyl (C=O) groups is 1. The Hall–Kier alpha value is -2.66. The molecule has 0 radical (unpaired) electrons. The number of hydrogen-bond donors (Lipinski definition) is 1. The second-order valence-corrected chi connectivity index (χ2v) is 7.32. The van der Waals surface area contributed by atoms with E-state index in [-0.39, 0.29) is 18.0 Å². The Labute approximate surface area is 166 Å². The molecular formula is C23H27FN2O2. The van der Waals surface area contributed by atoms with E-state index in [9.17, 15) is 9.18 Å². The average Bonchev–Trinajstić information content (AvgIpc) is 2.69. The van der Waals surface area contributed by atoms with E-state index in [0.29, 0.717) is 12.8 Å². The fourth-order valence-corrected chi connectivity index (χ4v) is 4.27. The van der Waals surface area contributed by atoms with Crippen LogP contribution in [0.1, 0.15) is 36.4 Å². The van der Waals surface area contributed by atoms with Gasteiger partial charge in [0.1, 0.15) is 5.82 Å². The van der Waals surface area contributed by atoms with Gasteiger partial charge in [0.25, 0.3) is 0 Å². The zero-order chi connectivity index (χ0) is 20.1. The number of piperidine rings is 1. The highest BCUT2D eigenvalue weighted by molar-refractivity contribution is 5.89. The summed E-state index contributed by atoms with van der Waals surface area (Å²) in [4.78, 5) is 14.6. The summed E-state index contributed by atoms with van der Waals surface area (Å²) in [5, 5.41) is 3.54. The predicted molar refractivity (Wildman–Crippen MR) is 110 cm³/mol. The van der Waals surface area contributed by atoms with Gasteiger partial charge in [-0.3, -0.25) is 4.90 Å². The lowest BCUT2D eigenvalue weighted by Gasteiger charge is -2.48. The molecule has 0 spiro atoms. The van der Waals surface area contributed by atoms with Crippen LogP contribution in [0.2, 0.25) is 0 Å². The van der Waals surface area contributed by atoms with E-state index in [2.05, 4.69) is 11.9 Å². The van der Waals surface area contributed by atoms with E-state index >= 15 is 0 Å². The van der Waals surface area contributed by atoms with Gasteiger partial charge in [0.15, 0.2) is 0 Å². The summed E-state index contributed by atoms with van der Waals surface area (Å²) in [5.41, 5.74) is 2.27. The molecule has 1 fully saturated rings. The van der Waals surface area contributed by atoms with Crippen molar-refractivity contribution in [2.45, 2.75) is 37.8 Å². The van der Waals surface area contributed by atoms with Gasteiger partial charge < -0.3 is 10.1 Å². The molecule has 2 atom stereocenters. The number of aryl methyl sites for hydroxylation is 1. The zero-order valence-electron chi connectivity index (χ0n) is 16.5. The molecule has 2 aromatic rings. The number of ether oxygens (including phenoxy) is 1. The Morgan fingerprint density at radius 3 is 2.75 bits per heavy atom. The standard InChI is InChI=1S/C23H27FN2O2/c1-4-12-23(26(22(27)28-3)19-8-6-5-7-9-19)13-14-25-21(16-23)20-11-10-18(24)15-17(20)2/h4-11,15,21,25H,1,12-14,16H2,2-3H3/t21-,23+/m0/s1. The zero-order valence-corrected chi connectivity index (χ0v) is 16.5. The second-order valence-electron chi connectivity index (χ2n) is 7.32. The van der Waals surface area contributed by atoms with Crippen molar-refractivity contribution in [3.05, 3.63) is 78.1 Å². The normalized spacial score (nSPS) is 21.8. The van der Waals surface area contributed by atoms with Crippen molar-refractivity contribution >= 4 is 11.8 Å². The number of carbonyl (C=O) groups excluding carboxylic acids is 1. The molecule has 1 saturated heterocycles. The van der Waals surface area contributed by atoms with Crippen molar-refractivity contribution in [2.75, 3.05) is 18.6 Å². The molecule has 0 bridgehead atoms. The lowest BCUT2D eigenvalue weighted by atomic mass is 9.77. The molecule has 4 nitrogen and oxygen atoms in total. The quantitative estimate of drug-likeness (QED) is 0.728. The number of halogens is 1. The maximum absolute atomic E-state index is 13.6. The summed E-state index contributed by atoms with van der Waals surface area (Å²) in [6, 6.07) is 14.5. The van der Waals surface area contributed by atoms with Gasteiger partial charge in [-0.15, -0.1) is 6.58 Å². The molecule has 3 rings (SSSR count). The minimum atomic E-state index is -0.479. The van der Waals surface area contributed by atoms with Gasteiger partial charge in [-0.05, 0) is 68.1 Å². The molecule has 28 heavy (non-hydrogen) atoms. The van der Waals surface area contributed by atoms with Crippen LogP contribution in [0.5, 0.6) is 0 Å². The second kappa shape index (κ2) is 8.57. The van der Waals surface area contributed by atoms with Gasteiger partial charge in [-0.1, -0.05) is 30.3 Å². The number of amides is 1. The minimum Gasteiger partial charge on any atom is -0.452 e. The third-order valence-electron chi connectivity index (χ3n) is 5.54. The van der Waals surface area contributed by atoms with Gasteiger partial charge in [-0.2, -0.15) is 0 Å². The van der Waals surface area contributed by atoms with E-state index in [1.165, 1.54) is 13.2 Å². The van der Waals surface area contributed by atoms with E-state index in [1.54, 1.807) is 11.0 Å². The molecule has 0 aromatic heterocycles. The molecule has 1 N–H and O–H groups in total. The maximum Gasteiger partial charge on any atom is 0.414 e. The number of rotatable bonds is 5. The maximum atomic E-state index is 13.6. The fourth-order valence-electron chi connectivity index (χ4n) is 4.27. The number of para-hydroxylation sites is 1. The van der Waals surface area contributed by atoms with E-state index in [4.69, 9.17) is 4.74 Å². The third-order valence-corrected chi connectivity index (χ3v) is 5.54. The Morgan fingerprint density at radius 2 is 2.11 bits per heavy atom. The van der Waals surface area contributed by atoms with Gasteiger partial charge in [0, 0.05) is 11.7 Å². The van der Waals surface area contributed by atoms with Crippen molar-refractivity contribution < 1.29 is 13.9 Å². The van der Waals surface area contributed by atoms with Crippen molar-refractivity contribution in [1.29, 1.82) is 0 Å². The smallest absolute Gasteiger partial charge is 0.414 e. The molecule has 0 unspecified atom stereocenters. The Kier molecular flexibility index (Phi) is 6.15. The molecule has 1 heterocycles. The molecule has 5 heteroatoms. The number of anilines is 1. The fraction of sp³-hybridized carbons (Fsp3) is 0.348. The predicted octanol–water partition coefficient (Wildman–Crippen LogP) is 5.15. The summed E-state index contributed by atoms with van der Waals surface area (Å²) < 4.78 is 18.7. The summed E-state index contributed by atoms with van der Waals surface area (Å²) in [6.45, 7) is 6.59. The number of nitrogens with zero attached hydrogens (tertiary/aromatic N) is 1. The van der Waals surface area contributed by atoms with E-state index < -0.39 is 5.54 Å². The molecule has 1 aliphatic heterocycles. The molecule has 2 aromatic carbocycles. The van der Waals surface area contributed by atoms with Gasteiger partial charge >= 0.3 is 6.09 Å². The van der Waals surface area contributed by atoms with Crippen LogP contribution in [0.15, 0.2) is 61.2 Å². The van der Waals surface area contributed by atoms with Crippen LogP contribution < -0.4 is 10.2 Å².